The van der Waals surface area contributed by atoms with Crippen LogP contribution < -0.4 is 0 Å². The van der Waals surface area contributed by atoms with E-state index >= 15 is 0 Å². The Morgan fingerprint density at radius 3 is 1.24 bits per heavy atom. The molecule has 0 saturated carbocycles. The summed E-state index contributed by atoms with van der Waals surface area (Å²) >= 11 is 7.02. The van der Waals surface area contributed by atoms with Gasteiger partial charge < -0.3 is 0 Å². The number of amides is 4. The summed E-state index contributed by atoms with van der Waals surface area (Å²) in [6, 6.07) is 18.2. The fourth-order valence-electron chi connectivity index (χ4n) is 5.52. The molecule has 0 spiro atoms. The van der Waals surface area contributed by atoms with Crippen molar-refractivity contribution in [3.8, 4) is 0 Å². The Bertz CT molecular complexity index is 1530. The molecule has 4 aromatic carbocycles. The van der Waals surface area contributed by atoms with Crippen molar-refractivity contribution in [1.29, 1.82) is 0 Å². The van der Waals surface area contributed by atoms with E-state index in [-0.39, 0.29) is 23.6 Å². The predicted octanol–water partition coefficient (Wildman–Crippen LogP) is 6.97. The number of rotatable bonds is 7. The normalized spacial score (nSPS) is 14.8. The highest BCUT2D eigenvalue weighted by molar-refractivity contribution is 9.11. The number of carbonyl (C=O) groups is 4. The number of benzene rings is 4. The van der Waals surface area contributed by atoms with Crippen molar-refractivity contribution >= 4 is 77.0 Å². The third-order valence-corrected chi connectivity index (χ3v) is 8.77. The molecule has 0 radical (unpaired) electrons. The Morgan fingerprint density at radius 2 is 0.842 bits per heavy atom. The molecule has 0 N–H and O–H groups in total. The molecule has 8 heteroatoms. The SMILES string of the molecule is O=C1c2cccc3c(Br)ccc(c23)C(=O)N1CCCCCCN1C(=O)c2cccc3c(Br)ccc(c23)C1=O. The van der Waals surface area contributed by atoms with Gasteiger partial charge in [0, 0.05) is 55.1 Å². The Morgan fingerprint density at radius 1 is 0.474 bits per heavy atom. The van der Waals surface area contributed by atoms with Gasteiger partial charge >= 0.3 is 0 Å². The number of carbonyl (C=O) groups excluding carboxylic acids is 4. The molecule has 0 bridgehead atoms. The van der Waals surface area contributed by atoms with Crippen molar-refractivity contribution in [1.82, 2.24) is 9.80 Å². The zero-order valence-corrected chi connectivity index (χ0v) is 23.5. The van der Waals surface area contributed by atoms with Crippen LogP contribution in [-0.4, -0.2) is 46.5 Å². The van der Waals surface area contributed by atoms with Crippen molar-refractivity contribution in [2.24, 2.45) is 0 Å². The maximum absolute atomic E-state index is 13.1. The van der Waals surface area contributed by atoms with E-state index in [1.165, 1.54) is 9.80 Å². The van der Waals surface area contributed by atoms with Gasteiger partial charge in [-0.05, 0) is 60.0 Å². The first-order chi connectivity index (χ1) is 18.4. The Kier molecular flexibility index (Phi) is 6.40. The minimum Gasteiger partial charge on any atom is -0.274 e. The zero-order chi connectivity index (χ0) is 26.6. The van der Waals surface area contributed by atoms with Crippen molar-refractivity contribution in [2.75, 3.05) is 13.1 Å². The topological polar surface area (TPSA) is 74.8 Å². The predicted molar refractivity (Wildman–Crippen MR) is 152 cm³/mol. The van der Waals surface area contributed by atoms with Crippen LogP contribution in [0, 0.1) is 0 Å². The molecule has 0 fully saturated rings. The molecule has 4 aromatic rings. The largest absolute Gasteiger partial charge is 0.274 e. The molecule has 0 unspecified atom stereocenters. The van der Waals surface area contributed by atoms with E-state index in [2.05, 4.69) is 31.9 Å². The van der Waals surface area contributed by atoms with Crippen molar-refractivity contribution in [3.63, 3.8) is 0 Å². The molecule has 6 nitrogen and oxygen atoms in total. The van der Waals surface area contributed by atoms with E-state index < -0.39 is 0 Å². The molecular formula is C30H22Br2N2O4. The summed E-state index contributed by atoms with van der Waals surface area (Å²) in [5.74, 6) is -1.07. The summed E-state index contributed by atoms with van der Waals surface area (Å²) < 4.78 is 1.71. The van der Waals surface area contributed by atoms with Gasteiger partial charge in [-0.2, -0.15) is 0 Å². The van der Waals surface area contributed by atoms with E-state index in [9.17, 15) is 19.2 Å². The number of unbranched alkanes of at least 4 members (excludes halogenated alkanes) is 3. The summed E-state index contributed by atoms with van der Waals surface area (Å²) in [5, 5.41) is 3.12. The van der Waals surface area contributed by atoms with Gasteiger partial charge in [0.1, 0.15) is 0 Å². The number of halogens is 2. The van der Waals surface area contributed by atoms with Crippen molar-refractivity contribution < 1.29 is 19.2 Å². The molecule has 2 aliphatic heterocycles. The Balaban J connectivity index is 1.07. The van der Waals surface area contributed by atoms with Crippen LogP contribution in [0.4, 0.5) is 0 Å². The van der Waals surface area contributed by atoms with E-state index in [0.29, 0.717) is 59.0 Å². The van der Waals surface area contributed by atoms with Gasteiger partial charge in [0.2, 0.25) is 0 Å². The molecule has 190 valence electrons. The van der Waals surface area contributed by atoms with Crippen LogP contribution in [0.2, 0.25) is 0 Å². The second-order valence-electron chi connectivity index (χ2n) is 9.58. The lowest BCUT2D eigenvalue weighted by Gasteiger charge is -2.28. The molecule has 2 heterocycles. The maximum atomic E-state index is 13.1. The molecule has 0 saturated heterocycles. The minimum atomic E-state index is -0.268. The third kappa shape index (κ3) is 3.89. The summed E-state index contributed by atoms with van der Waals surface area (Å²) in [5.41, 5.74) is 2.18. The number of hydrogen-bond donors (Lipinski definition) is 0. The van der Waals surface area contributed by atoms with Gasteiger partial charge in [-0.25, -0.2) is 0 Å². The highest BCUT2D eigenvalue weighted by atomic mass is 79.9. The van der Waals surface area contributed by atoms with Crippen LogP contribution in [0.5, 0.6) is 0 Å². The monoisotopic (exact) mass is 632 g/mol. The molecule has 6 rings (SSSR count). The van der Waals surface area contributed by atoms with Gasteiger partial charge in [0.25, 0.3) is 23.6 Å². The first-order valence-corrected chi connectivity index (χ1v) is 14.1. The maximum Gasteiger partial charge on any atom is 0.261 e. The van der Waals surface area contributed by atoms with Crippen LogP contribution in [-0.2, 0) is 0 Å². The van der Waals surface area contributed by atoms with Gasteiger partial charge in [-0.3, -0.25) is 29.0 Å². The van der Waals surface area contributed by atoms with E-state index in [4.69, 9.17) is 0 Å². The lowest BCUT2D eigenvalue weighted by Crippen LogP contribution is -2.41. The summed E-state index contributed by atoms with van der Waals surface area (Å²) in [7, 11) is 0. The smallest absolute Gasteiger partial charge is 0.261 e. The molecule has 0 atom stereocenters. The zero-order valence-electron chi connectivity index (χ0n) is 20.3. The number of nitrogens with zero attached hydrogens (tertiary/aromatic N) is 2. The molecule has 0 aliphatic carbocycles. The van der Waals surface area contributed by atoms with Gasteiger partial charge in [-0.15, -0.1) is 0 Å². The summed E-state index contributed by atoms with van der Waals surface area (Å²) in [4.78, 5) is 55.2. The molecular weight excluding hydrogens is 612 g/mol. The van der Waals surface area contributed by atoms with Gasteiger partial charge in [0.05, 0.1) is 0 Å². The fraction of sp³-hybridized carbons (Fsp3) is 0.200. The van der Waals surface area contributed by atoms with Crippen molar-refractivity contribution in [3.05, 3.63) is 91.9 Å². The second-order valence-corrected chi connectivity index (χ2v) is 11.3. The molecule has 2 aliphatic rings. The van der Waals surface area contributed by atoms with Crippen molar-refractivity contribution in [2.45, 2.75) is 25.7 Å². The second kappa shape index (κ2) is 9.75. The van der Waals surface area contributed by atoms with Gasteiger partial charge in [0.15, 0.2) is 0 Å². The first-order valence-electron chi connectivity index (χ1n) is 12.5. The third-order valence-electron chi connectivity index (χ3n) is 7.39. The first kappa shape index (κ1) is 24.9. The van der Waals surface area contributed by atoms with Crippen LogP contribution in [0.1, 0.15) is 67.1 Å². The van der Waals surface area contributed by atoms with E-state index in [1.54, 1.807) is 24.3 Å². The average Bonchev–Trinajstić information content (AvgIpc) is 2.92. The van der Waals surface area contributed by atoms with Crippen LogP contribution in [0.25, 0.3) is 21.5 Å². The molecule has 4 amide bonds. The summed E-state index contributed by atoms with van der Waals surface area (Å²) in [6.45, 7) is 0.658. The van der Waals surface area contributed by atoms with E-state index in [1.807, 2.05) is 36.4 Å². The highest BCUT2D eigenvalue weighted by Crippen LogP contribution is 2.36. The Labute approximate surface area is 235 Å². The van der Waals surface area contributed by atoms with Crippen LogP contribution in [0.15, 0.2) is 69.6 Å². The molecule has 0 aromatic heterocycles. The number of imide groups is 2. The lowest BCUT2D eigenvalue weighted by atomic mass is 9.93. The fourth-order valence-corrected chi connectivity index (χ4v) is 6.45. The highest BCUT2D eigenvalue weighted by Gasteiger charge is 2.34. The van der Waals surface area contributed by atoms with Gasteiger partial charge in [-0.1, -0.05) is 69.0 Å². The number of hydrogen-bond acceptors (Lipinski definition) is 4. The Hall–Kier alpha value is -3.36. The summed E-state index contributed by atoms with van der Waals surface area (Å²) in [6.07, 6.45) is 2.84. The minimum absolute atomic E-state index is 0.268. The molecule has 38 heavy (non-hydrogen) atoms. The standard InChI is InChI=1S/C30H22Br2N2O4/c31-23-13-11-21-25-17(23)7-5-9-19(25)27(35)33(29(21)37)15-3-1-2-4-16-34-28(36)20-10-6-8-18-24(32)14-12-22(26(18)20)30(34)38/h5-14H,1-4,15-16H2. The quantitative estimate of drug-likeness (QED) is 0.163. The van der Waals surface area contributed by atoms with Crippen LogP contribution >= 0.6 is 31.9 Å². The average molecular weight is 634 g/mol. The lowest BCUT2D eigenvalue weighted by molar-refractivity contribution is 0.0586. The van der Waals surface area contributed by atoms with E-state index in [0.717, 1.165) is 32.6 Å². The van der Waals surface area contributed by atoms with Crippen LogP contribution in [0.3, 0.4) is 0 Å².